The van der Waals surface area contributed by atoms with Crippen LogP contribution in [0.15, 0.2) is 98.8 Å². The van der Waals surface area contributed by atoms with Crippen molar-refractivity contribution >= 4 is 93.0 Å². The fourth-order valence-electron chi connectivity index (χ4n) is 23.2. The number of aromatic hydroxyl groups is 4. The number of nitrogens with zero attached hydrogens (tertiary/aromatic N) is 4. The van der Waals surface area contributed by atoms with Gasteiger partial charge in [0.2, 0.25) is 0 Å². The summed E-state index contributed by atoms with van der Waals surface area (Å²) in [5.74, 6) is 9.97. The maximum absolute atomic E-state index is 11.6. The molecule has 12 unspecified atom stereocenters. The summed E-state index contributed by atoms with van der Waals surface area (Å²) in [7, 11) is 41.2. The van der Waals surface area contributed by atoms with Gasteiger partial charge in [0, 0.05) is 52.7 Å². The summed E-state index contributed by atoms with van der Waals surface area (Å²) < 4.78 is 5.64. The number of aliphatic imine (C=N–C) groups is 4. The molecule has 0 saturated heterocycles. The van der Waals surface area contributed by atoms with Gasteiger partial charge in [0.15, 0.2) is 0 Å². The normalized spacial score (nSPS) is 25.4. The van der Waals surface area contributed by atoms with E-state index in [0.717, 1.165) is 88.5 Å². The zero-order valence-corrected chi connectivity index (χ0v) is 103. The second-order valence-corrected chi connectivity index (χ2v) is 57.6. The van der Waals surface area contributed by atoms with Crippen LogP contribution in [0.1, 0.15) is 494 Å². The number of phenolic OH excluding ortho intramolecular Hbond substituents is 4. The predicted molar refractivity (Wildman–Crippen MR) is 589 cm³/mol. The molecule has 0 radical (unpaired) electrons. The Bertz CT molecular complexity index is 3980. The molecular weight excluding hydrogens is 2190 g/mol. The van der Waals surface area contributed by atoms with Crippen LogP contribution in [0.3, 0.4) is 0 Å². The molecule has 0 aliphatic heterocycles. The minimum atomic E-state index is -0.826. The molecule has 0 aromatic heterocycles. The van der Waals surface area contributed by atoms with Crippen LogP contribution >= 0.6 is 68.1 Å². The van der Waals surface area contributed by atoms with Crippen molar-refractivity contribution in [3.8, 4) is 39.9 Å². The monoisotopic (exact) mass is 2360 g/mol. The summed E-state index contributed by atoms with van der Waals surface area (Å²) >= 11 is -3.30. The number of halogens is 8. The van der Waals surface area contributed by atoms with E-state index in [1.165, 1.54) is 367 Å². The van der Waals surface area contributed by atoms with Gasteiger partial charge >= 0.3 is 151 Å². The van der Waals surface area contributed by atoms with E-state index in [0.29, 0.717) is 94.5 Å². The number of hydrogen-bond donors (Lipinski definition) is 4. The first-order valence-electron chi connectivity index (χ1n) is 55.0. The maximum atomic E-state index is 11.6. The Kier molecular flexibility index (Phi) is 70.5. The van der Waals surface area contributed by atoms with Crippen LogP contribution in [0.4, 0.5) is 0 Å². The third-order valence-electron chi connectivity index (χ3n) is 32.7. The van der Waals surface area contributed by atoms with Crippen LogP contribution in [-0.4, -0.2) is 76.6 Å². The van der Waals surface area contributed by atoms with Crippen LogP contribution in [0.2, 0.25) is 0 Å². The first-order valence-corrected chi connectivity index (χ1v) is 80.3. The number of phenols is 4. The van der Waals surface area contributed by atoms with Crippen molar-refractivity contribution in [3.05, 3.63) is 134 Å². The minimum absolute atomic E-state index is 0.360. The van der Waals surface area contributed by atoms with Crippen molar-refractivity contribution in [1.82, 2.24) is 0 Å². The van der Waals surface area contributed by atoms with Gasteiger partial charge in [-0.25, -0.2) is 0 Å². The van der Waals surface area contributed by atoms with Gasteiger partial charge in [0.1, 0.15) is 28.7 Å². The Morgan fingerprint density at radius 2 is 0.464 bits per heavy atom. The van der Waals surface area contributed by atoms with E-state index in [-0.39, 0.29) is 0 Å². The van der Waals surface area contributed by atoms with Gasteiger partial charge < -0.3 is 25.2 Å². The van der Waals surface area contributed by atoms with Gasteiger partial charge in [-0.05, 0) is 237 Å². The fraction of sp³-hybridized carbons (Fsp3) is 0.709. The molecule has 13 rings (SSSR count). The third-order valence-corrected chi connectivity index (χ3v) is 32.7. The van der Waals surface area contributed by atoms with Gasteiger partial charge in [0.05, 0.1) is 31.3 Å². The molecule has 0 spiro atoms. The SMILES string of the molecule is CC1CCCC(N=Cc2cc(-c3ccccc3)cc(C3CCCCCCCCCCC3)c2O)C1C.COc1cc(C=NC2CCCC(C)C2C)c(O)c(C2CCCCCCCCCCC2)c1.Cc1cc(C=NC2CCCC(C)C2C)c(O)c(C2CCCCCCCCCCC2)c1.Cc1cc(C=NC2CCCC(C)C2C)c(O)c(C2CCCCCCCCCCC2)c1.[Cl][Zr][Cl].[Cl][Zr][Cl].[Cl][Zr][Cl].[Cl][Zr][Cl]. The van der Waals surface area contributed by atoms with Crippen molar-refractivity contribution in [2.75, 3.05) is 7.11 Å². The van der Waals surface area contributed by atoms with Crippen molar-refractivity contribution in [3.63, 3.8) is 0 Å². The predicted octanol–water partition coefficient (Wildman–Crippen LogP) is 39.9. The number of rotatable bonds is 14. The van der Waals surface area contributed by atoms with Crippen LogP contribution in [0.5, 0.6) is 28.7 Å². The summed E-state index contributed by atoms with van der Waals surface area (Å²) in [6.07, 6.45) is 81.0. The number of methoxy groups -OCH3 is 1. The molecule has 8 aliphatic carbocycles. The van der Waals surface area contributed by atoms with Crippen molar-refractivity contribution < 1.29 is 109 Å². The van der Waals surface area contributed by atoms with Crippen molar-refractivity contribution in [2.24, 2.45) is 67.3 Å². The van der Waals surface area contributed by atoms with E-state index >= 15 is 0 Å². The topological polar surface area (TPSA) is 140 Å². The Morgan fingerprint density at radius 1 is 0.254 bits per heavy atom. The molecule has 12 atom stereocenters. The molecular formula is C117H182Cl8N4O5Zr4. The van der Waals surface area contributed by atoms with E-state index in [2.05, 4.69) is 142 Å². The van der Waals surface area contributed by atoms with Crippen LogP contribution < -0.4 is 4.74 Å². The van der Waals surface area contributed by atoms with Gasteiger partial charge in [-0.1, -0.05) is 380 Å². The average molecular weight is 2370 g/mol. The molecule has 5 aromatic rings. The first kappa shape index (κ1) is 126. The van der Waals surface area contributed by atoms with Crippen molar-refractivity contribution in [2.45, 2.75) is 477 Å². The Hall–Kier alpha value is -0.368. The quantitative estimate of drug-likeness (QED) is 0.0820. The molecule has 138 heavy (non-hydrogen) atoms. The molecule has 8 saturated carbocycles. The van der Waals surface area contributed by atoms with E-state index in [1.807, 2.05) is 30.9 Å². The molecule has 5 aromatic carbocycles. The van der Waals surface area contributed by atoms with Gasteiger partial charge in [-0.15, -0.1) is 0 Å². The Morgan fingerprint density at radius 3 is 0.703 bits per heavy atom. The molecule has 21 heteroatoms. The summed E-state index contributed by atoms with van der Waals surface area (Å²) in [6.45, 7) is 23.1. The van der Waals surface area contributed by atoms with Gasteiger partial charge in [-0.2, -0.15) is 0 Å². The molecule has 8 aliphatic rings. The van der Waals surface area contributed by atoms with Crippen LogP contribution in [0.25, 0.3) is 11.1 Å². The van der Waals surface area contributed by atoms with Gasteiger partial charge in [0.25, 0.3) is 0 Å². The molecule has 0 bridgehead atoms. The molecule has 4 N–H and O–H groups in total. The van der Waals surface area contributed by atoms with Crippen molar-refractivity contribution in [1.29, 1.82) is 0 Å². The summed E-state index contributed by atoms with van der Waals surface area (Å²) in [6, 6.07) is 29.4. The summed E-state index contributed by atoms with van der Waals surface area (Å²) in [5, 5.41) is 45.2. The standard InChI is InChI=1S/C33H47NO.C28H45NO2.2C28H45NO.8ClH.4Zr/c1-25-16-15-21-32(26(25)2)34-24-30-22-29(27-17-13-10-14-18-27)23-31(33(30)35)28-19-11-8-6-4-3-5-7-9-12-20-28;1-21-14-13-17-27(22(21)2)29-20-24-18-25(31-3)19-26(28(24)30)23-15-11-9-7-5-4-6-8-10-12-16-23;2*1-21-18-25(20-29-27-17-13-14-22(2)23(27)3)28(30)26(19-21)24-15-11-9-7-5-4-6-8-10-12-16-24;;;;;;;;;;;;/h10,13-14,17-18,22-26,28,32,35H,3-9,11-12,15-16,19-21H2,1-2H3;18-23,27,30H,4-17H2,1-3H3;2*18-20,22-24,27,30H,4-17H2,1-3H3;8*1H;;;;/q;;;;;;;;;;;;4*+2/p-8. The number of aryl methyl sites for hydroxylation is 2. The Labute approximate surface area is 916 Å². The molecule has 772 valence electrons. The second kappa shape index (κ2) is 77.0. The third kappa shape index (κ3) is 48.3. The first-order chi connectivity index (χ1) is 67.0. The fourth-order valence-corrected chi connectivity index (χ4v) is 23.2. The number of ether oxygens (including phenoxy) is 1. The molecule has 8 fully saturated rings. The molecule has 0 heterocycles. The summed E-state index contributed by atoms with van der Waals surface area (Å²) in [4.78, 5) is 20.0. The molecule has 0 amide bonds. The van der Waals surface area contributed by atoms with E-state index in [9.17, 15) is 20.4 Å². The Balaban J connectivity index is 0.000000272. The average Bonchev–Trinajstić information content (AvgIpc) is 0.794. The zero-order chi connectivity index (χ0) is 100. The second-order valence-electron chi connectivity index (χ2n) is 42.7. The number of benzene rings is 5. The van der Waals surface area contributed by atoms with Crippen LogP contribution in [-0.2, 0) is 83.4 Å². The summed E-state index contributed by atoms with van der Waals surface area (Å²) in [5.41, 5.74) is 13.1. The van der Waals surface area contributed by atoms with E-state index < -0.39 is 83.4 Å². The van der Waals surface area contributed by atoms with E-state index in [1.54, 1.807) is 7.11 Å². The zero-order valence-electron chi connectivity index (χ0n) is 87.2. The van der Waals surface area contributed by atoms with Crippen LogP contribution in [0, 0.1) is 61.2 Å². The number of hydrogen-bond acceptors (Lipinski definition) is 9. The molecule has 9 nitrogen and oxygen atoms in total. The van der Waals surface area contributed by atoms with Gasteiger partial charge in [-0.3, -0.25) is 20.0 Å². The van der Waals surface area contributed by atoms with E-state index in [4.69, 9.17) is 92.8 Å².